The summed E-state index contributed by atoms with van der Waals surface area (Å²) in [6.45, 7) is 1.40. The average Bonchev–Trinajstić information content (AvgIpc) is 2.50. The predicted molar refractivity (Wildman–Crippen MR) is 102 cm³/mol. The van der Waals surface area contributed by atoms with Gasteiger partial charge >= 0.3 is 0 Å². The maximum absolute atomic E-state index is 10.9. The molecule has 0 bridgehead atoms. The van der Waals surface area contributed by atoms with Crippen molar-refractivity contribution in [1.82, 2.24) is 4.90 Å². The lowest BCUT2D eigenvalue weighted by molar-refractivity contribution is 0.238. The molecule has 0 aliphatic rings. The van der Waals surface area contributed by atoms with Crippen molar-refractivity contribution in [3.63, 3.8) is 0 Å². The molecule has 0 heterocycles. The molecule has 24 heavy (non-hydrogen) atoms. The molecule has 130 valence electrons. The third-order valence-electron chi connectivity index (χ3n) is 3.44. The van der Waals surface area contributed by atoms with Crippen molar-refractivity contribution in [1.29, 1.82) is 0 Å². The third-order valence-corrected chi connectivity index (χ3v) is 5.33. The van der Waals surface area contributed by atoms with Crippen LogP contribution in [-0.4, -0.2) is 39.8 Å². The Morgan fingerprint density at radius 2 is 1.83 bits per heavy atom. The van der Waals surface area contributed by atoms with Crippen LogP contribution in [-0.2, 0) is 20.8 Å². The molecule has 4 nitrogen and oxygen atoms in total. The molecule has 0 unspecified atom stereocenters. The van der Waals surface area contributed by atoms with Crippen LogP contribution < -0.4 is 0 Å². The molecule has 0 aliphatic heterocycles. The highest BCUT2D eigenvalue weighted by atomic mass is 79.9. The van der Waals surface area contributed by atoms with E-state index in [0.717, 1.165) is 27.4 Å². The van der Waals surface area contributed by atoms with E-state index in [4.69, 9.17) is 15.8 Å². The van der Waals surface area contributed by atoms with E-state index in [1.54, 1.807) is 0 Å². The lowest BCUT2D eigenvalue weighted by atomic mass is 10.0. The summed E-state index contributed by atoms with van der Waals surface area (Å²) < 4.78 is 27.5. The molecular weight excluding hydrogens is 414 g/mol. The molecule has 2 rings (SSSR count). The van der Waals surface area contributed by atoms with E-state index in [0.29, 0.717) is 18.1 Å². The van der Waals surface area contributed by atoms with Gasteiger partial charge in [0, 0.05) is 23.1 Å². The minimum absolute atomic E-state index is 0.154. The summed E-state index contributed by atoms with van der Waals surface area (Å²) in [5, 5.41) is 0.695. The zero-order valence-electron chi connectivity index (χ0n) is 13.5. The summed E-state index contributed by atoms with van der Waals surface area (Å²) in [5.41, 5.74) is 3.16. The van der Waals surface area contributed by atoms with Crippen molar-refractivity contribution < 1.29 is 12.6 Å². The Morgan fingerprint density at radius 1 is 1.17 bits per heavy atom. The van der Waals surface area contributed by atoms with Crippen LogP contribution in [0.3, 0.4) is 0 Å². The summed E-state index contributed by atoms with van der Waals surface area (Å²) in [4.78, 5) is 2.01. The first kappa shape index (κ1) is 19.4. The Bertz CT molecular complexity index is 794. The molecule has 0 amide bonds. The molecule has 0 atom stereocenters. The van der Waals surface area contributed by atoms with Gasteiger partial charge in [-0.15, -0.1) is 0 Å². The molecule has 0 spiro atoms. The normalized spacial score (nSPS) is 11.9. The van der Waals surface area contributed by atoms with Gasteiger partial charge in [-0.3, -0.25) is 9.08 Å². The van der Waals surface area contributed by atoms with Gasteiger partial charge in [0.25, 0.3) is 10.1 Å². The highest BCUT2D eigenvalue weighted by molar-refractivity contribution is 9.10. The van der Waals surface area contributed by atoms with Crippen LogP contribution in [0.1, 0.15) is 5.56 Å². The van der Waals surface area contributed by atoms with Gasteiger partial charge in [0.05, 0.1) is 17.9 Å². The molecule has 0 N–H and O–H groups in total. The maximum Gasteiger partial charge on any atom is 0.264 e. The number of likely N-dealkylation sites (N-methyl/N-ethyl adjacent to an activating group) is 1. The standard InChI is InChI=1S/C17H19BrClNO3S/c1-20(10-11-23-24(2,21)22)12-13-6-8-14(9-7-13)15-4-3-5-16(18)17(15)19/h3-9H,10-12H2,1-2H3. The fraction of sp³-hybridized carbons (Fsp3) is 0.294. The Labute approximate surface area is 156 Å². The third kappa shape index (κ3) is 5.86. The van der Waals surface area contributed by atoms with E-state index in [9.17, 15) is 8.42 Å². The lowest BCUT2D eigenvalue weighted by Crippen LogP contribution is -2.23. The second-order valence-corrected chi connectivity index (χ2v) is 8.44. The van der Waals surface area contributed by atoms with E-state index >= 15 is 0 Å². The Morgan fingerprint density at radius 3 is 2.46 bits per heavy atom. The van der Waals surface area contributed by atoms with E-state index < -0.39 is 10.1 Å². The quantitative estimate of drug-likeness (QED) is 0.616. The zero-order valence-corrected chi connectivity index (χ0v) is 16.7. The van der Waals surface area contributed by atoms with Gasteiger partial charge in [-0.1, -0.05) is 48.0 Å². The van der Waals surface area contributed by atoms with E-state index in [1.165, 1.54) is 0 Å². The Hall–Kier alpha value is -0.920. The molecule has 0 aromatic heterocycles. The van der Waals surface area contributed by atoms with Crippen molar-refractivity contribution in [2.75, 3.05) is 26.5 Å². The number of halogens is 2. The van der Waals surface area contributed by atoms with Crippen LogP contribution in [0, 0.1) is 0 Å². The molecule has 2 aromatic rings. The van der Waals surface area contributed by atoms with Crippen LogP contribution in [0.25, 0.3) is 11.1 Å². The monoisotopic (exact) mass is 431 g/mol. The van der Waals surface area contributed by atoms with E-state index in [2.05, 4.69) is 15.9 Å². The molecule has 2 aromatic carbocycles. The fourth-order valence-electron chi connectivity index (χ4n) is 2.25. The second kappa shape index (κ2) is 8.45. The molecule has 7 heteroatoms. The first-order valence-electron chi connectivity index (χ1n) is 7.32. The smallest absolute Gasteiger partial charge is 0.264 e. The van der Waals surface area contributed by atoms with Crippen LogP contribution in [0.4, 0.5) is 0 Å². The van der Waals surface area contributed by atoms with Crippen LogP contribution in [0.2, 0.25) is 5.02 Å². The highest BCUT2D eigenvalue weighted by Gasteiger charge is 2.08. The van der Waals surface area contributed by atoms with Crippen LogP contribution >= 0.6 is 27.5 Å². The first-order chi connectivity index (χ1) is 11.3. The summed E-state index contributed by atoms with van der Waals surface area (Å²) in [7, 11) is -1.46. The van der Waals surface area contributed by atoms with Gasteiger partial charge in [-0.2, -0.15) is 8.42 Å². The van der Waals surface area contributed by atoms with E-state index in [-0.39, 0.29) is 6.61 Å². The van der Waals surface area contributed by atoms with Crippen molar-refractivity contribution in [3.8, 4) is 11.1 Å². The fourth-order valence-corrected chi connectivity index (χ4v) is 3.23. The summed E-state index contributed by atoms with van der Waals surface area (Å²) in [6, 6.07) is 14.0. The lowest BCUT2D eigenvalue weighted by Gasteiger charge is -2.16. The highest BCUT2D eigenvalue weighted by Crippen LogP contribution is 2.33. The minimum Gasteiger partial charge on any atom is -0.300 e. The van der Waals surface area contributed by atoms with Gasteiger partial charge in [0.1, 0.15) is 0 Å². The van der Waals surface area contributed by atoms with Gasteiger partial charge in [-0.05, 0) is 40.2 Å². The summed E-state index contributed by atoms with van der Waals surface area (Å²) >= 11 is 9.76. The predicted octanol–water partition coefficient (Wildman–Crippen LogP) is 4.18. The molecule has 0 saturated heterocycles. The topological polar surface area (TPSA) is 46.6 Å². The number of hydrogen-bond donors (Lipinski definition) is 0. The maximum atomic E-state index is 10.9. The molecule has 0 fully saturated rings. The van der Waals surface area contributed by atoms with Gasteiger partial charge in [0.2, 0.25) is 0 Å². The number of benzene rings is 2. The van der Waals surface area contributed by atoms with Crippen molar-refractivity contribution in [2.24, 2.45) is 0 Å². The SMILES string of the molecule is CN(CCOS(C)(=O)=O)Cc1ccc(-c2cccc(Br)c2Cl)cc1. The number of hydrogen-bond acceptors (Lipinski definition) is 4. The Kier molecular flexibility index (Phi) is 6.83. The average molecular weight is 433 g/mol. The second-order valence-electron chi connectivity index (χ2n) is 5.56. The zero-order chi connectivity index (χ0) is 17.7. The van der Waals surface area contributed by atoms with Crippen molar-refractivity contribution >= 4 is 37.6 Å². The minimum atomic E-state index is -3.38. The summed E-state index contributed by atoms with van der Waals surface area (Å²) in [6.07, 6.45) is 1.05. The Balaban J connectivity index is 1.98. The van der Waals surface area contributed by atoms with Gasteiger partial charge in [0.15, 0.2) is 0 Å². The van der Waals surface area contributed by atoms with E-state index in [1.807, 2.05) is 54.4 Å². The van der Waals surface area contributed by atoms with Crippen molar-refractivity contribution in [3.05, 3.63) is 57.5 Å². The summed E-state index contributed by atoms with van der Waals surface area (Å²) in [5.74, 6) is 0. The molecular formula is C17H19BrClNO3S. The van der Waals surface area contributed by atoms with Crippen molar-refractivity contribution in [2.45, 2.75) is 6.54 Å². The number of nitrogens with zero attached hydrogens (tertiary/aromatic N) is 1. The van der Waals surface area contributed by atoms with Gasteiger partial charge < -0.3 is 0 Å². The molecule has 0 radical (unpaired) electrons. The van der Waals surface area contributed by atoms with Crippen LogP contribution in [0.15, 0.2) is 46.9 Å². The first-order valence-corrected chi connectivity index (χ1v) is 10.3. The largest absolute Gasteiger partial charge is 0.300 e. The van der Waals surface area contributed by atoms with Crippen LogP contribution in [0.5, 0.6) is 0 Å². The molecule has 0 saturated carbocycles. The van der Waals surface area contributed by atoms with Gasteiger partial charge in [-0.25, -0.2) is 0 Å². The molecule has 0 aliphatic carbocycles. The number of rotatable bonds is 7.